The highest BCUT2D eigenvalue weighted by atomic mass is 32.2. The summed E-state index contributed by atoms with van der Waals surface area (Å²) in [6, 6.07) is 5.00. The van der Waals surface area contributed by atoms with Crippen LogP contribution in [0.25, 0.3) is 0 Å². The van der Waals surface area contributed by atoms with Gasteiger partial charge in [0.2, 0.25) is 0 Å². The first-order chi connectivity index (χ1) is 8.33. The Hall–Kier alpha value is -1.23. The van der Waals surface area contributed by atoms with Crippen molar-refractivity contribution >= 4 is 23.1 Å². The first-order valence-electron chi connectivity index (χ1n) is 5.98. The van der Waals surface area contributed by atoms with E-state index in [2.05, 4.69) is 26.1 Å². The molecule has 0 amide bonds. The van der Waals surface area contributed by atoms with Crippen LogP contribution in [-0.2, 0) is 5.75 Å². The number of non-ortho nitro benzene ring substituents is 1. The van der Waals surface area contributed by atoms with Crippen LogP contribution in [0.3, 0.4) is 0 Å². The predicted octanol–water partition coefficient (Wildman–Crippen LogP) is 4.06. The lowest BCUT2D eigenvalue weighted by molar-refractivity contribution is -0.384. The molecule has 0 unspecified atom stereocenters. The lowest BCUT2D eigenvalue weighted by Crippen LogP contribution is -2.09. The smallest absolute Gasteiger partial charge is 0.269 e. The van der Waals surface area contributed by atoms with Gasteiger partial charge in [-0.15, -0.1) is 0 Å². The summed E-state index contributed by atoms with van der Waals surface area (Å²) in [4.78, 5) is 10.5. The summed E-state index contributed by atoms with van der Waals surface area (Å²) in [5.74, 6) is 0.771. The molecule has 4 nitrogen and oxygen atoms in total. The van der Waals surface area contributed by atoms with E-state index in [0.29, 0.717) is 0 Å². The van der Waals surface area contributed by atoms with Crippen molar-refractivity contribution in [2.45, 2.75) is 38.2 Å². The monoisotopic (exact) mass is 268 g/mol. The number of hydrogen-bond acceptors (Lipinski definition) is 4. The van der Waals surface area contributed by atoms with Crippen molar-refractivity contribution in [1.29, 1.82) is 0 Å². The number of nitrogens with zero attached hydrogens (tertiary/aromatic N) is 1. The molecule has 0 aromatic heterocycles. The fraction of sp³-hybridized carbons (Fsp3) is 0.538. The van der Waals surface area contributed by atoms with Crippen molar-refractivity contribution in [2.75, 3.05) is 11.9 Å². The van der Waals surface area contributed by atoms with Gasteiger partial charge in [0.15, 0.2) is 0 Å². The second-order valence-electron chi connectivity index (χ2n) is 5.03. The number of nitro groups is 1. The molecule has 0 aliphatic carbocycles. The second-order valence-corrected chi connectivity index (χ2v) is 6.83. The number of anilines is 1. The standard InChI is InChI=1S/C13H20N2O2S/c1-5-14-12-7-6-11(15(16)17)8-10(12)9-18-13(2,3)4/h6-8,14H,5,9H2,1-4H3. The van der Waals surface area contributed by atoms with Crippen molar-refractivity contribution in [1.82, 2.24) is 0 Å². The maximum Gasteiger partial charge on any atom is 0.269 e. The molecule has 1 aromatic carbocycles. The molecule has 1 N–H and O–H groups in total. The molecule has 0 atom stereocenters. The summed E-state index contributed by atoms with van der Waals surface area (Å²) in [7, 11) is 0. The zero-order valence-corrected chi connectivity index (χ0v) is 12.1. The normalized spacial score (nSPS) is 11.3. The Morgan fingerprint density at radius 1 is 1.39 bits per heavy atom. The third kappa shape index (κ3) is 4.56. The Morgan fingerprint density at radius 2 is 2.06 bits per heavy atom. The third-order valence-corrected chi connectivity index (χ3v) is 3.65. The van der Waals surface area contributed by atoms with Crippen molar-refractivity contribution in [3.63, 3.8) is 0 Å². The topological polar surface area (TPSA) is 55.2 Å². The van der Waals surface area contributed by atoms with Gasteiger partial charge in [-0.1, -0.05) is 20.8 Å². The summed E-state index contributed by atoms with van der Waals surface area (Å²) >= 11 is 1.78. The number of benzene rings is 1. The van der Waals surface area contributed by atoms with Crippen LogP contribution in [0.1, 0.15) is 33.3 Å². The molecule has 0 spiro atoms. The zero-order chi connectivity index (χ0) is 13.8. The summed E-state index contributed by atoms with van der Waals surface area (Å²) in [6.07, 6.45) is 0. The Morgan fingerprint density at radius 3 is 2.56 bits per heavy atom. The van der Waals surface area contributed by atoms with E-state index in [9.17, 15) is 10.1 Å². The molecule has 0 aliphatic rings. The Balaban J connectivity index is 2.96. The first-order valence-corrected chi connectivity index (χ1v) is 6.97. The molecule has 0 radical (unpaired) electrons. The van der Waals surface area contributed by atoms with Crippen molar-refractivity contribution < 1.29 is 4.92 Å². The van der Waals surface area contributed by atoms with Gasteiger partial charge in [-0.2, -0.15) is 11.8 Å². The SMILES string of the molecule is CCNc1ccc([N+](=O)[O-])cc1CSC(C)(C)C. The quantitative estimate of drug-likeness (QED) is 0.646. The molecule has 0 saturated heterocycles. The van der Waals surface area contributed by atoms with E-state index in [1.807, 2.05) is 6.92 Å². The molecule has 0 bridgehead atoms. The van der Waals surface area contributed by atoms with Gasteiger partial charge in [0.05, 0.1) is 4.92 Å². The fourth-order valence-corrected chi connectivity index (χ4v) is 2.30. The van der Waals surface area contributed by atoms with Crippen LogP contribution in [-0.4, -0.2) is 16.2 Å². The third-order valence-electron chi connectivity index (χ3n) is 2.33. The molecule has 1 rings (SSSR count). The minimum absolute atomic E-state index is 0.147. The summed E-state index contributed by atoms with van der Waals surface area (Å²) in [6.45, 7) is 9.25. The van der Waals surface area contributed by atoms with E-state index in [1.165, 1.54) is 0 Å². The maximum absolute atomic E-state index is 10.8. The fourth-order valence-electron chi connectivity index (χ4n) is 1.47. The molecule has 1 aromatic rings. The van der Waals surface area contributed by atoms with Crippen LogP contribution in [0.4, 0.5) is 11.4 Å². The number of hydrogen-bond donors (Lipinski definition) is 1. The molecule has 0 fully saturated rings. The Bertz CT molecular complexity index is 427. The van der Waals surface area contributed by atoms with Gasteiger partial charge in [-0.05, 0) is 18.6 Å². The van der Waals surface area contributed by atoms with Crippen molar-refractivity contribution in [3.8, 4) is 0 Å². The molecular weight excluding hydrogens is 248 g/mol. The van der Waals surface area contributed by atoms with Gasteiger partial charge in [0, 0.05) is 34.9 Å². The van der Waals surface area contributed by atoms with Crippen LogP contribution in [0.15, 0.2) is 18.2 Å². The number of thioether (sulfide) groups is 1. The molecule has 0 saturated carbocycles. The maximum atomic E-state index is 10.8. The molecule has 5 heteroatoms. The molecule has 0 heterocycles. The van der Waals surface area contributed by atoms with Gasteiger partial charge >= 0.3 is 0 Å². The average molecular weight is 268 g/mol. The first kappa shape index (κ1) is 14.8. The highest BCUT2D eigenvalue weighted by Crippen LogP contribution is 2.31. The average Bonchev–Trinajstić information content (AvgIpc) is 2.26. The minimum atomic E-state index is -0.346. The number of nitrogens with one attached hydrogen (secondary N) is 1. The van der Waals surface area contributed by atoms with Gasteiger partial charge in [-0.25, -0.2) is 0 Å². The van der Waals surface area contributed by atoms with E-state index in [4.69, 9.17) is 0 Å². The van der Waals surface area contributed by atoms with Gasteiger partial charge < -0.3 is 5.32 Å². The van der Waals surface area contributed by atoms with Crippen LogP contribution >= 0.6 is 11.8 Å². The summed E-state index contributed by atoms with van der Waals surface area (Å²) < 4.78 is 0.147. The van der Waals surface area contributed by atoms with Gasteiger partial charge in [0.1, 0.15) is 0 Å². The minimum Gasteiger partial charge on any atom is -0.385 e. The van der Waals surface area contributed by atoms with Crippen molar-refractivity contribution in [2.24, 2.45) is 0 Å². The summed E-state index contributed by atoms with van der Waals surface area (Å²) in [5.41, 5.74) is 2.13. The molecule has 18 heavy (non-hydrogen) atoms. The van der Waals surface area contributed by atoms with Gasteiger partial charge in [0.25, 0.3) is 5.69 Å². The second kappa shape index (κ2) is 6.09. The highest BCUT2D eigenvalue weighted by Gasteiger charge is 2.15. The van der Waals surface area contributed by atoms with E-state index >= 15 is 0 Å². The van der Waals surface area contributed by atoms with Crippen LogP contribution in [0.2, 0.25) is 0 Å². The highest BCUT2D eigenvalue weighted by molar-refractivity contribution is 7.99. The zero-order valence-electron chi connectivity index (χ0n) is 11.3. The molecule has 0 aliphatic heterocycles. The predicted molar refractivity (Wildman–Crippen MR) is 78.3 cm³/mol. The summed E-state index contributed by atoms with van der Waals surface area (Å²) in [5, 5.41) is 14.0. The van der Waals surface area contributed by atoms with E-state index in [1.54, 1.807) is 30.0 Å². The molecular formula is C13H20N2O2S. The van der Waals surface area contributed by atoms with Crippen LogP contribution in [0.5, 0.6) is 0 Å². The van der Waals surface area contributed by atoms with Gasteiger partial charge in [-0.3, -0.25) is 10.1 Å². The lowest BCUT2D eigenvalue weighted by atomic mass is 10.2. The Kier molecular flexibility index (Phi) is 5.02. The van der Waals surface area contributed by atoms with Crippen LogP contribution in [0, 0.1) is 10.1 Å². The largest absolute Gasteiger partial charge is 0.385 e. The van der Waals surface area contributed by atoms with Crippen LogP contribution < -0.4 is 5.32 Å². The van der Waals surface area contributed by atoms with E-state index in [0.717, 1.165) is 23.5 Å². The Labute approximate surface area is 112 Å². The lowest BCUT2D eigenvalue weighted by Gasteiger charge is -2.19. The van der Waals surface area contributed by atoms with Crippen molar-refractivity contribution in [3.05, 3.63) is 33.9 Å². The van der Waals surface area contributed by atoms with E-state index in [-0.39, 0.29) is 15.4 Å². The number of rotatable bonds is 5. The number of nitro benzene ring substituents is 1. The molecule has 100 valence electrons. The van der Waals surface area contributed by atoms with E-state index < -0.39 is 0 Å².